The van der Waals surface area contributed by atoms with Crippen molar-refractivity contribution in [3.05, 3.63) is 18.0 Å². The first-order chi connectivity index (χ1) is 9.74. The molecule has 20 heavy (non-hydrogen) atoms. The molecule has 2 aliphatic rings. The molecule has 2 saturated heterocycles. The predicted octanol–water partition coefficient (Wildman–Crippen LogP) is 1.19. The van der Waals surface area contributed by atoms with Gasteiger partial charge in [0.2, 0.25) is 11.9 Å². The highest BCUT2D eigenvalue weighted by atomic mass is 32.2. The molecule has 0 N–H and O–H groups in total. The molecule has 0 bridgehead atoms. The molecule has 0 radical (unpaired) electrons. The lowest BCUT2D eigenvalue weighted by Crippen LogP contribution is -2.42. The van der Waals surface area contributed by atoms with Crippen LogP contribution in [0.1, 0.15) is 12.0 Å². The van der Waals surface area contributed by atoms with Gasteiger partial charge in [0, 0.05) is 50.1 Å². The van der Waals surface area contributed by atoms with Crippen LogP contribution in [-0.2, 0) is 4.79 Å². The van der Waals surface area contributed by atoms with Crippen LogP contribution >= 0.6 is 11.8 Å². The fraction of sp³-hybridized carbons (Fsp3) is 0.643. The lowest BCUT2D eigenvalue weighted by molar-refractivity contribution is -0.134. The van der Waals surface area contributed by atoms with Crippen LogP contribution in [0.2, 0.25) is 0 Å². The maximum Gasteiger partial charge on any atom is 0.227 e. The number of carbonyl (C=O) groups is 1. The van der Waals surface area contributed by atoms with Crippen molar-refractivity contribution in [1.29, 1.82) is 0 Å². The number of amides is 1. The van der Waals surface area contributed by atoms with Gasteiger partial charge in [-0.25, -0.2) is 9.97 Å². The SMILES string of the molecule is Cc1cnc(N2CCC(C(=O)N3CCSCC3)C2)nc1. The highest BCUT2D eigenvalue weighted by Gasteiger charge is 2.32. The number of carbonyl (C=O) groups excluding carboxylic acids is 1. The molecule has 1 aromatic rings. The average Bonchev–Trinajstić information content (AvgIpc) is 2.98. The minimum absolute atomic E-state index is 0.114. The number of anilines is 1. The summed E-state index contributed by atoms with van der Waals surface area (Å²) >= 11 is 1.93. The zero-order valence-corrected chi connectivity index (χ0v) is 12.6. The zero-order valence-electron chi connectivity index (χ0n) is 11.8. The van der Waals surface area contributed by atoms with E-state index in [2.05, 4.69) is 14.9 Å². The van der Waals surface area contributed by atoms with E-state index in [1.807, 2.05) is 36.0 Å². The van der Waals surface area contributed by atoms with Crippen molar-refractivity contribution in [3.63, 3.8) is 0 Å². The fourth-order valence-corrected chi connectivity index (χ4v) is 3.64. The Morgan fingerprint density at radius 1 is 1.25 bits per heavy atom. The molecule has 0 aliphatic carbocycles. The Kier molecular flexibility index (Phi) is 4.10. The second-order valence-corrected chi connectivity index (χ2v) is 6.65. The van der Waals surface area contributed by atoms with Crippen molar-refractivity contribution in [2.45, 2.75) is 13.3 Å². The summed E-state index contributed by atoms with van der Waals surface area (Å²) in [7, 11) is 0. The third-order valence-corrected chi connectivity index (χ3v) is 4.85. The highest BCUT2D eigenvalue weighted by Crippen LogP contribution is 2.23. The molecule has 2 fully saturated rings. The Hall–Kier alpha value is -1.30. The maximum atomic E-state index is 12.5. The molecular weight excluding hydrogens is 272 g/mol. The van der Waals surface area contributed by atoms with Crippen LogP contribution in [0.3, 0.4) is 0 Å². The van der Waals surface area contributed by atoms with E-state index < -0.39 is 0 Å². The summed E-state index contributed by atoms with van der Waals surface area (Å²) in [6, 6.07) is 0. The quantitative estimate of drug-likeness (QED) is 0.819. The van der Waals surface area contributed by atoms with Gasteiger partial charge in [-0.1, -0.05) is 0 Å². The summed E-state index contributed by atoms with van der Waals surface area (Å²) in [5.41, 5.74) is 1.06. The Balaban J connectivity index is 1.61. The number of thioether (sulfide) groups is 1. The topological polar surface area (TPSA) is 49.3 Å². The van der Waals surface area contributed by atoms with Crippen molar-refractivity contribution >= 4 is 23.6 Å². The van der Waals surface area contributed by atoms with Gasteiger partial charge in [0.15, 0.2) is 0 Å². The summed E-state index contributed by atoms with van der Waals surface area (Å²) in [5, 5.41) is 0. The lowest BCUT2D eigenvalue weighted by atomic mass is 10.1. The number of hydrogen-bond donors (Lipinski definition) is 0. The van der Waals surface area contributed by atoms with Crippen LogP contribution in [0.25, 0.3) is 0 Å². The molecule has 1 atom stereocenters. The second-order valence-electron chi connectivity index (χ2n) is 5.43. The van der Waals surface area contributed by atoms with Crippen LogP contribution in [0.4, 0.5) is 5.95 Å². The Morgan fingerprint density at radius 3 is 2.65 bits per heavy atom. The third kappa shape index (κ3) is 2.90. The van der Waals surface area contributed by atoms with Crippen LogP contribution in [0.5, 0.6) is 0 Å². The van der Waals surface area contributed by atoms with E-state index in [4.69, 9.17) is 0 Å². The third-order valence-electron chi connectivity index (χ3n) is 3.91. The minimum atomic E-state index is 0.114. The predicted molar refractivity (Wildman–Crippen MR) is 81.0 cm³/mol. The standard InChI is InChI=1S/C14H20N4OS/c1-11-8-15-14(16-9-11)18-3-2-12(10-18)13(19)17-4-6-20-7-5-17/h8-9,12H,2-7,10H2,1H3. The van der Waals surface area contributed by atoms with Gasteiger partial charge in [-0.05, 0) is 18.9 Å². The van der Waals surface area contributed by atoms with Crippen molar-refractivity contribution in [2.75, 3.05) is 42.6 Å². The molecule has 0 saturated carbocycles. The van der Waals surface area contributed by atoms with Gasteiger partial charge < -0.3 is 9.80 Å². The van der Waals surface area contributed by atoms with Crippen molar-refractivity contribution in [3.8, 4) is 0 Å². The molecular formula is C14H20N4OS. The van der Waals surface area contributed by atoms with Gasteiger partial charge >= 0.3 is 0 Å². The molecule has 1 unspecified atom stereocenters. The van der Waals surface area contributed by atoms with E-state index in [1.165, 1.54) is 0 Å². The first-order valence-corrected chi connectivity index (χ1v) is 8.29. The number of aromatic nitrogens is 2. The summed E-state index contributed by atoms with van der Waals surface area (Å²) in [4.78, 5) is 25.3. The van der Waals surface area contributed by atoms with Gasteiger partial charge in [0.25, 0.3) is 0 Å². The molecule has 1 aromatic heterocycles. The summed E-state index contributed by atoms with van der Waals surface area (Å²) < 4.78 is 0. The molecule has 3 heterocycles. The molecule has 2 aliphatic heterocycles. The number of nitrogens with zero attached hydrogens (tertiary/aromatic N) is 4. The first kappa shape index (κ1) is 13.7. The largest absolute Gasteiger partial charge is 0.341 e. The van der Waals surface area contributed by atoms with Gasteiger partial charge in [-0.15, -0.1) is 0 Å². The molecule has 0 aromatic carbocycles. The number of aryl methyl sites for hydroxylation is 1. The van der Waals surface area contributed by atoms with E-state index in [0.29, 0.717) is 5.91 Å². The fourth-order valence-electron chi connectivity index (χ4n) is 2.73. The Morgan fingerprint density at radius 2 is 1.95 bits per heavy atom. The lowest BCUT2D eigenvalue weighted by Gasteiger charge is -2.28. The van der Waals surface area contributed by atoms with E-state index in [9.17, 15) is 4.79 Å². The van der Waals surface area contributed by atoms with Crippen molar-refractivity contribution in [1.82, 2.24) is 14.9 Å². The average molecular weight is 292 g/mol. The van der Waals surface area contributed by atoms with E-state index in [0.717, 1.165) is 55.6 Å². The molecule has 5 nitrogen and oxygen atoms in total. The van der Waals surface area contributed by atoms with Gasteiger partial charge in [-0.3, -0.25) is 4.79 Å². The Labute approximate surface area is 123 Å². The zero-order chi connectivity index (χ0) is 13.9. The molecule has 1 amide bonds. The molecule has 6 heteroatoms. The minimum Gasteiger partial charge on any atom is -0.341 e. The van der Waals surface area contributed by atoms with Gasteiger partial charge in [0.05, 0.1) is 5.92 Å². The van der Waals surface area contributed by atoms with Crippen LogP contribution in [-0.4, -0.2) is 58.5 Å². The van der Waals surface area contributed by atoms with Crippen molar-refractivity contribution < 1.29 is 4.79 Å². The van der Waals surface area contributed by atoms with Crippen LogP contribution in [0, 0.1) is 12.8 Å². The van der Waals surface area contributed by atoms with Crippen LogP contribution in [0.15, 0.2) is 12.4 Å². The number of rotatable bonds is 2. The van der Waals surface area contributed by atoms with Gasteiger partial charge in [0.1, 0.15) is 0 Å². The van der Waals surface area contributed by atoms with Crippen LogP contribution < -0.4 is 4.90 Å². The molecule has 3 rings (SSSR count). The summed E-state index contributed by atoms with van der Waals surface area (Å²) in [6.45, 7) is 5.42. The Bertz CT molecular complexity index is 473. The van der Waals surface area contributed by atoms with E-state index in [1.54, 1.807) is 0 Å². The second kappa shape index (κ2) is 5.99. The normalized spacial score (nSPS) is 23.1. The van der Waals surface area contributed by atoms with E-state index >= 15 is 0 Å². The first-order valence-electron chi connectivity index (χ1n) is 7.14. The summed E-state index contributed by atoms with van der Waals surface area (Å²) in [5.74, 6) is 3.33. The molecule has 0 spiro atoms. The van der Waals surface area contributed by atoms with Crippen molar-refractivity contribution in [2.24, 2.45) is 5.92 Å². The maximum absolute atomic E-state index is 12.5. The molecule has 108 valence electrons. The smallest absolute Gasteiger partial charge is 0.227 e. The highest BCUT2D eigenvalue weighted by molar-refractivity contribution is 7.99. The monoisotopic (exact) mass is 292 g/mol. The van der Waals surface area contributed by atoms with Gasteiger partial charge in [-0.2, -0.15) is 11.8 Å². The summed E-state index contributed by atoms with van der Waals surface area (Å²) in [6.07, 6.45) is 4.58. The van der Waals surface area contributed by atoms with E-state index in [-0.39, 0.29) is 5.92 Å². The number of hydrogen-bond acceptors (Lipinski definition) is 5.